The fourth-order valence-electron chi connectivity index (χ4n) is 3.60. The summed E-state index contributed by atoms with van der Waals surface area (Å²) in [4.78, 5) is 26.9. The quantitative estimate of drug-likeness (QED) is 0.445. The summed E-state index contributed by atoms with van der Waals surface area (Å²) < 4.78 is 26.1. The number of aromatic nitrogens is 1. The first-order valence-electron chi connectivity index (χ1n) is 11.1. The number of carboxylic acid groups (broad SMARTS) is 1. The molecular weight excluding hydrogens is 455 g/mol. The molecule has 1 unspecified atom stereocenters. The third-order valence-electron chi connectivity index (χ3n) is 4.73. The molecule has 2 aromatic rings. The normalized spacial score (nSPS) is 12.9. The van der Waals surface area contributed by atoms with Gasteiger partial charge in [-0.1, -0.05) is 19.9 Å². The number of anilines is 1. The van der Waals surface area contributed by atoms with Crippen LogP contribution in [0.15, 0.2) is 30.5 Å². The first kappa shape index (κ1) is 27.4. The molecule has 0 aliphatic heterocycles. The van der Waals surface area contributed by atoms with Crippen molar-refractivity contribution < 1.29 is 28.6 Å². The van der Waals surface area contributed by atoms with E-state index >= 15 is 0 Å². The van der Waals surface area contributed by atoms with Gasteiger partial charge in [-0.15, -0.1) is 0 Å². The van der Waals surface area contributed by atoms with E-state index in [1.807, 2.05) is 32.2 Å². The Morgan fingerprint density at radius 3 is 2.49 bits per heavy atom. The van der Waals surface area contributed by atoms with Crippen molar-refractivity contribution >= 4 is 18.0 Å². The minimum absolute atomic E-state index is 0.0642. The molecule has 2 rings (SSSR count). The predicted octanol–water partition coefficient (Wildman–Crippen LogP) is 5.56. The van der Waals surface area contributed by atoms with Crippen LogP contribution in [0, 0.1) is 23.1 Å². The van der Waals surface area contributed by atoms with E-state index in [-0.39, 0.29) is 29.4 Å². The Morgan fingerprint density at radius 1 is 1.23 bits per heavy atom. The topological polar surface area (TPSA) is 134 Å². The van der Waals surface area contributed by atoms with Crippen LogP contribution in [0.5, 0.6) is 5.75 Å². The highest BCUT2D eigenvalue weighted by atomic mass is 19.1. The van der Waals surface area contributed by atoms with E-state index in [9.17, 15) is 19.2 Å². The van der Waals surface area contributed by atoms with Gasteiger partial charge in [-0.3, -0.25) is 5.32 Å². The molecule has 1 aromatic heterocycles. The molecule has 1 atom stereocenters. The van der Waals surface area contributed by atoms with Crippen LogP contribution in [0.3, 0.4) is 0 Å². The van der Waals surface area contributed by atoms with Crippen LogP contribution < -0.4 is 15.4 Å². The lowest BCUT2D eigenvalue weighted by atomic mass is 9.91. The molecule has 35 heavy (non-hydrogen) atoms. The second-order valence-corrected chi connectivity index (χ2v) is 9.85. The number of hydrogen-bond acceptors (Lipinski definition) is 6. The molecule has 0 fully saturated rings. The summed E-state index contributed by atoms with van der Waals surface area (Å²) in [5.74, 6) is -0.805. The minimum atomic E-state index is -1.44. The van der Waals surface area contributed by atoms with E-state index in [1.54, 1.807) is 26.8 Å². The first-order chi connectivity index (χ1) is 16.2. The maximum Gasteiger partial charge on any atom is 0.410 e. The number of nitrogens with zero attached hydrogens (tertiary/aromatic N) is 2. The van der Waals surface area contributed by atoms with Gasteiger partial charge in [0.25, 0.3) is 0 Å². The summed E-state index contributed by atoms with van der Waals surface area (Å²) >= 11 is 0. The molecule has 1 aromatic carbocycles. The molecular formula is C25H31FN4O5. The number of ether oxygens (including phenoxy) is 2. The highest BCUT2D eigenvalue weighted by molar-refractivity contribution is 5.83. The average Bonchev–Trinajstić information content (AvgIpc) is 2.71. The Hall–Kier alpha value is -3.87. The summed E-state index contributed by atoms with van der Waals surface area (Å²) in [6.45, 7) is 11.2. The van der Waals surface area contributed by atoms with Crippen molar-refractivity contribution in [3.63, 3.8) is 0 Å². The minimum Gasteiger partial charge on any atom is -0.490 e. The van der Waals surface area contributed by atoms with Crippen molar-refractivity contribution in [3.8, 4) is 22.9 Å². The molecule has 1 heterocycles. The van der Waals surface area contributed by atoms with Gasteiger partial charge in [0, 0.05) is 11.8 Å². The van der Waals surface area contributed by atoms with Crippen LogP contribution in [0.4, 0.5) is 19.8 Å². The molecule has 188 valence electrons. The van der Waals surface area contributed by atoms with E-state index in [1.165, 1.54) is 24.4 Å². The van der Waals surface area contributed by atoms with E-state index in [4.69, 9.17) is 14.6 Å². The monoisotopic (exact) mass is 486 g/mol. The van der Waals surface area contributed by atoms with Crippen LogP contribution in [-0.4, -0.2) is 40.0 Å². The van der Waals surface area contributed by atoms with Crippen molar-refractivity contribution in [2.24, 2.45) is 5.92 Å². The van der Waals surface area contributed by atoms with Gasteiger partial charge in [0.15, 0.2) is 11.6 Å². The Labute approximate surface area is 204 Å². The van der Waals surface area contributed by atoms with E-state index in [0.717, 1.165) is 0 Å². The molecule has 0 saturated heterocycles. The number of alkyl carbamates (subject to hydrolysis) is 1. The summed E-state index contributed by atoms with van der Waals surface area (Å²) in [5.41, 5.74) is -0.871. The van der Waals surface area contributed by atoms with Crippen molar-refractivity contribution in [2.75, 3.05) is 11.9 Å². The summed E-state index contributed by atoms with van der Waals surface area (Å²) in [7, 11) is 0. The van der Waals surface area contributed by atoms with Crippen molar-refractivity contribution in [1.29, 1.82) is 5.26 Å². The van der Waals surface area contributed by atoms with Gasteiger partial charge in [-0.2, -0.15) is 5.26 Å². The zero-order chi connectivity index (χ0) is 26.4. The van der Waals surface area contributed by atoms with Crippen LogP contribution >= 0.6 is 0 Å². The van der Waals surface area contributed by atoms with Gasteiger partial charge in [0.05, 0.1) is 11.1 Å². The fraction of sp³-hybridized carbons (Fsp3) is 0.440. The Morgan fingerprint density at radius 2 is 1.91 bits per heavy atom. The lowest BCUT2D eigenvalue weighted by Crippen LogP contribution is -2.52. The molecule has 0 bridgehead atoms. The lowest BCUT2D eigenvalue weighted by molar-refractivity contribution is 0.0408. The standard InChI is InChI=1S/C25H31FN4O5/c1-15(2)12-25(6,30-23(33)35-24(3,4)5)14-34-19-8-7-16(11-17(19)13-27)18-9-10-28-21(20(18)26)29-22(31)32/h7-11,15H,12,14H2,1-6H3,(H,28,29)(H,30,33)(H,31,32). The third kappa shape index (κ3) is 8.14. The largest absolute Gasteiger partial charge is 0.490 e. The average molecular weight is 487 g/mol. The number of nitrogens with one attached hydrogen (secondary N) is 2. The van der Waals surface area contributed by atoms with Crippen molar-refractivity contribution in [2.45, 2.75) is 59.1 Å². The lowest BCUT2D eigenvalue weighted by Gasteiger charge is -2.33. The van der Waals surface area contributed by atoms with Gasteiger partial charge in [-0.25, -0.2) is 19.0 Å². The molecule has 9 nitrogen and oxygen atoms in total. The Bertz CT molecular complexity index is 1120. The summed E-state index contributed by atoms with van der Waals surface area (Å²) in [6.07, 6.45) is -0.160. The molecule has 2 amide bonds. The van der Waals surface area contributed by atoms with Gasteiger partial charge in [-0.05, 0) is 63.8 Å². The van der Waals surface area contributed by atoms with Gasteiger partial charge in [0.2, 0.25) is 0 Å². The van der Waals surface area contributed by atoms with Gasteiger partial charge >= 0.3 is 12.2 Å². The highest BCUT2D eigenvalue weighted by Gasteiger charge is 2.31. The van der Waals surface area contributed by atoms with E-state index in [2.05, 4.69) is 10.3 Å². The number of carbonyl (C=O) groups is 2. The Balaban J connectivity index is 2.28. The number of pyridine rings is 1. The second kappa shape index (κ2) is 11.0. The second-order valence-electron chi connectivity index (χ2n) is 9.85. The number of nitriles is 1. The molecule has 0 spiro atoms. The SMILES string of the molecule is CC(C)CC(C)(COc1ccc(-c2ccnc(NC(=O)O)c2F)cc1C#N)NC(=O)OC(C)(C)C. The zero-order valence-electron chi connectivity index (χ0n) is 20.7. The number of rotatable bonds is 8. The van der Waals surface area contributed by atoms with E-state index in [0.29, 0.717) is 12.0 Å². The van der Waals surface area contributed by atoms with Crippen LogP contribution in [-0.2, 0) is 4.74 Å². The number of hydrogen-bond donors (Lipinski definition) is 3. The van der Waals surface area contributed by atoms with Gasteiger partial charge in [0.1, 0.15) is 24.0 Å². The number of amides is 2. The molecule has 0 radical (unpaired) electrons. The summed E-state index contributed by atoms with van der Waals surface area (Å²) in [6, 6.07) is 7.94. The van der Waals surface area contributed by atoms with Crippen molar-refractivity contribution in [1.82, 2.24) is 10.3 Å². The van der Waals surface area contributed by atoms with E-state index < -0.39 is 35.0 Å². The molecule has 0 saturated carbocycles. The number of carbonyl (C=O) groups excluding carboxylic acids is 1. The Kier molecular flexibility index (Phi) is 8.63. The van der Waals surface area contributed by atoms with Crippen LogP contribution in [0.25, 0.3) is 11.1 Å². The van der Waals surface area contributed by atoms with Crippen LogP contribution in [0.1, 0.15) is 53.5 Å². The third-order valence-corrected chi connectivity index (χ3v) is 4.73. The fourth-order valence-corrected chi connectivity index (χ4v) is 3.60. The van der Waals surface area contributed by atoms with Crippen molar-refractivity contribution in [3.05, 3.63) is 41.8 Å². The molecule has 10 heteroatoms. The number of halogens is 1. The van der Waals surface area contributed by atoms with Crippen LogP contribution in [0.2, 0.25) is 0 Å². The maximum atomic E-state index is 14.8. The molecule has 0 aliphatic rings. The van der Waals surface area contributed by atoms with Gasteiger partial charge < -0.3 is 19.9 Å². The predicted molar refractivity (Wildman–Crippen MR) is 129 cm³/mol. The molecule has 3 N–H and O–H groups in total. The first-order valence-corrected chi connectivity index (χ1v) is 11.1. The summed E-state index contributed by atoms with van der Waals surface area (Å²) in [5, 5.41) is 23.3. The molecule has 0 aliphatic carbocycles. The number of benzene rings is 1. The maximum absolute atomic E-state index is 14.8. The highest BCUT2D eigenvalue weighted by Crippen LogP contribution is 2.31. The zero-order valence-corrected chi connectivity index (χ0v) is 20.7. The smallest absolute Gasteiger partial charge is 0.410 e.